The van der Waals surface area contributed by atoms with E-state index in [0.29, 0.717) is 30.4 Å². The minimum atomic E-state index is -0.427. The van der Waals surface area contributed by atoms with Crippen LogP contribution in [-0.2, 0) is 25.5 Å². The van der Waals surface area contributed by atoms with Crippen molar-refractivity contribution in [3.63, 3.8) is 0 Å². The summed E-state index contributed by atoms with van der Waals surface area (Å²) < 4.78 is 11.0. The van der Waals surface area contributed by atoms with Gasteiger partial charge in [-0.05, 0) is 55.0 Å². The zero-order valence-corrected chi connectivity index (χ0v) is 24.1. The Morgan fingerprint density at radius 2 is 1.51 bits per heavy atom. The van der Waals surface area contributed by atoms with Crippen molar-refractivity contribution in [2.75, 3.05) is 31.2 Å². The summed E-state index contributed by atoms with van der Waals surface area (Å²) in [5.41, 5.74) is 3.46. The van der Waals surface area contributed by atoms with E-state index < -0.39 is 11.9 Å². The number of anilines is 1. The van der Waals surface area contributed by atoms with Gasteiger partial charge in [0.15, 0.2) is 0 Å². The number of aromatic nitrogens is 1. The molecule has 2 aromatic heterocycles. The van der Waals surface area contributed by atoms with E-state index in [1.165, 1.54) is 22.7 Å². The van der Waals surface area contributed by atoms with E-state index >= 15 is 0 Å². The normalized spacial score (nSPS) is 11.2. The van der Waals surface area contributed by atoms with Crippen molar-refractivity contribution in [3.05, 3.63) is 85.5 Å². The molecule has 41 heavy (non-hydrogen) atoms. The van der Waals surface area contributed by atoms with Crippen LogP contribution in [0.5, 0.6) is 0 Å². The fraction of sp³-hybridized carbons (Fsp3) is 0.207. The van der Waals surface area contributed by atoms with Gasteiger partial charge in [0.1, 0.15) is 16.4 Å². The van der Waals surface area contributed by atoms with E-state index in [-0.39, 0.29) is 6.61 Å². The van der Waals surface area contributed by atoms with Gasteiger partial charge >= 0.3 is 11.9 Å². The van der Waals surface area contributed by atoms with E-state index in [1.54, 1.807) is 0 Å². The average molecular weight is 589 g/mol. The molecule has 0 fully saturated rings. The Morgan fingerprint density at radius 1 is 0.878 bits per heavy atom. The Hall–Kier alpha value is -4.55. The van der Waals surface area contributed by atoms with E-state index in [1.807, 2.05) is 61.5 Å². The molecular formula is C29H28N6O4S2. The Labute approximate surface area is 245 Å². The average Bonchev–Trinajstić information content (AvgIpc) is 3.56. The van der Waals surface area contributed by atoms with Crippen molar-refractivity contribution in [1.82, 2.24) is 4.98 Å². The van der Waals surface area contributed by atoms with Crippen LogP contribution in [0.3, 0.4) is 0 Å². The number of carbonyl (C=O) groups excluding carboxylic acids is 2. The Kier molecular flexibility index (Phi) is 10.6. The minimum absolute atomic E-state index is 0.287. The molecule has 0 bridgehead atoms. The molecule has 4 aromatic rings. The second-order valence-corrected chi connectivity index (χ2v) is 10.4. The minimum Gasteiger partial charge on any atom is -0.462 e. The lowest BCUT2D eigenvalue weighted by Gasteiger charge is -2.22. The van der Waals surface area contributed by atoms with Gasteiger partial charge in [-0.1, -0.05) is 48.0 Å². The van der Waals surface area contributed by atoms with Gasteiger partial charge < -0.3 is 14.4 Å². The summed E-state index contributed by atoms with van der Waals surface area (Å²) in [6, 6.07) is 17.2. The van der Waals surface area contributed by atoms with Gasteiger partial charge in [-0.3, -0.25) is 0 Å². The van der Waals surface area contributed by atoms with Crippen LogP contribution >= 0.6 is 22.7 Å². The maximum Gasteiger partial charge on any atom is 0.330 e. The molecule has 0 spiro atoms. The lowest BCUT2D eigenvalue weighted by atomic mass is 10.1. The second-order valence-electron chi connectivity index (χ2n) is 8.41. The molecule has 10 nitrogen and oxygen atoms in total. The third-order valence-corrected chi connectivity index (χ3v) is 7.62. The maximum absolute atomic E-state index is 11.2. The molecule has 210 valence electrons. The highest BCUT2D eigenvalue weighted by molar-refractivity contribution is 7.30. The highest BCUT2D eigenvalue weighted by Gasteiger charge is 2.09. The lowest BCUT2D eigenvalue weighted by Crippen LogP contribution is -2.27. The molecule has 0 aliphatic rings. The van der Waals surface area contributed by atoms with E-state index in [2.05, 4.69) is 43.5 Å². The van der Waals surface area contributed by atoms with Crippen molar-refractivity contribution in [2.45, 2.75) is 13.3 Å². The van der Waals surface area contributed by atoms with Crippen molar-refractivity contribution in [2.24, 2.45) is 20.5 Å². The van der Waals surface area contributed by atoms with Gasteiger partial charge in [0, 0.05) is 30.8 Å². The summed E-state index contributed by atoms with van der Waals surface area (Å²) in [6.45, 7) is 10.8. The van der Waals surface area contributed by atoms with Crippen molar-refractivity contribution >= 4 is 71.3 Å². The van der Waals surface area contributed by atoms with E-state index in [4.69, 9.17) is 9.47 Å². The number of thiazole rings is 1. The molecule has 0 amide bonds. The van der Waals surface area contributed by atoms with Crippen LogP contribution in [0, 0.1) is 0 Å². The number of esters is 2. The van der Waals surface area contributed by atoms with Gasteiger partial charge in [0.25, 0.3) is 0 Å². The monoisotopic (exact) mass is 588 g/mol. The molecule has 2 aromatic carbocycles. The molecule has 0 aliphatic heterocycles. The molecule has 0 atom stereocenters. The summed E-state index contributed by atoms with van der Waals surface area (Å²) in [4.78, 5) is 29.8. The number of hydrogen-bond donors (Lipinski definition) is 0. The van der Waals surface area contributed by atoms with Gasteiger partial charge in [-0.15, -0.1) is 20.5 Å². The third kappa shape index (κ3) is 8.72. The summed E-state index contributed by atoms with van der Waals surface area (Å²) in [5, 5.41) is 18.6. The first-order valence-electron chi connectivity index (χ1n) is 12.7. The standard InChI is InChI=1S/C29H28N6O4S2/c1-4-26(36)38-17-15-20-7-9-21(10-8-20)31-33-25-19-24-28(41-25)30-29(40-24)34-32-22-11-13-23(14-12-22)35(6-3)16-18-39-27(37)5-2/h4-5,7-14,19H,1-2,6,15-18H2,3H3. The fourth-order valence-electron chi connectivity index (χ4n) is 3.58. The Bertz CT molecular complexity index is 1530. The van der Waals surface area contributed by atoms with E-state index in [0.717, 1.165) is 50.2 Å². The summed E-state index contributed by atoms with van der Waals surface area (Å²) in [7, 11) is 0. The van der Waals surface area contributed by atoms with Gasteiger partial charge in [-0.2, -0.15) is 0 Å². The largest absolute Gasteiger partial charge is 0.462 e. The van der Waals surface area contributed by atoms with Gasteiger partial charge in [0.2, 0.25) is 5.13 Å². The number of rotatable bonds is 14. The smallest absolute Gasteiger partial charge is 0.330 e. The number of azo groups is 2. The molecule has 2 heterocycles. The summed E-state index contributed by atoms with van der Waals surface area (Å²) in [5.74, 6) is -0.853. The molecule has 0 radical (unpaired) electrons. The molecule has 12 heteroatoms. The Balaban J connectivity index is 1.30. The Morgan fingerprint density at radius 3 is 2.15 bits per heavy atom. The number of hydrogen-bond acceptors (Lipinski definition) is 12. The first kappa shape index (κ1) is 29.4. The van der Waals surface area contributed by atoms with Crippen LogP contribution < -0.4 is 4.90 Å². The third-order valence-electron chi connectivity index (χ3n) is 5.69. The first-order valence-corrected chi connectivity index (χ1v) is 14.4. The molecule has 0 unspecified atom stereocenters. The zero-order chi connectivity index (χ0) is 29.0. The molecule has 0 saturated heterocycles. The molecular weight excluding hydrogens is 560 g/mol. The summed E-state index contributed by atoms with van der Waals surface area (Å²) >= 11 is 2.87. The fourth-order valence-corrected chi connectivity index (χ4v) is 5.43. The number of fused-ring (bicyclic) bond motifs is 1. The molecule has 0 aliphatic carbocycles. The van der Waals surface area contributed by atoms with Crippen molar-refractivity contribution in [3.8, 4) is 0 Å². The van der Waals surface area contributed by atoms with Crippen LogP contribution in [-0.4, -0.2) is 43.2 Å². The SMILES string of the molecule is C=CC(=O)OCCc1ccc(N=Nc2cc3sc(N=Nc4ccc(N(CC)CCOC(=O)C=C)cc4)nc3s2)cc1. The van der Waals surface area contributed by atoms with Crippen LogP contribution in [0.4, 0.5) is 27.2 Å². The zero-order valence-electron chi connectivity index (χ0n) is 22.4. The predicted molar refractivity (Wildman–Crippen MR) is 163 cm³/mol. The number of nitrogens with zero attached hydrogens (tertiary/aromatic N) is 6. The van der Waals surface area contributed by atoms with Crippen molar-refractivity contribution in [1.29, 1.82) is 0 Å². The number of likely N-dealkylation sites (N-methyl/N-ethyl adjacent to an activating group) is 1. The van der Waals surface area contributed by atoms with Gasteiger partial charge in [0.05, 0.1) is 29.2 Å². The maximum atomic E-state index is 11.2. The van der Waals surface area contributed by atoms with Crippen LogP contribution in [0.2, 0.25) is 0 Å². The first-order chi connectivity index (χ1) is 20.0. The number of ether oxygens (including phenoxy) is 2. The molecule has 0 saturated carbocycles. The highest BCUT2D eigenvalue weighted by atomic mass is 32.1. The topological polar surface area (TPSA) is 118 Å². The molecule has 4 rings (SSSR count). The number of thiophene rings is 1. The lowest BCUT2D eigenvalue weighted by molar-refractivity contribution is -0.138. The van der Waals surface area contributed by atoms with Crippen molar-refractivity contribution < 1.29 is 19.1 Å². The second kappa shape index (κ2) is 14.7. The quantitative estimate of drug-likeness (QED) is 0.0836. The van der Waals surface area contributed by atoms with Gasteiger partial charge in [-0.25, -0.2) is 14.6 Å². The number of benzene rings is 2. The van der Waals surface area contributed by atoms with Crippen LogP contribution in [0.15, 0.2) is 100 Å². The van der Waals surface area contributed by atoms with Crippen LogP contribution in [0.25, 0.3) is 9.53 Å². The van der Waals surface area contributed by atoms with Crippen LogP contribution in [0.1, 0.15) is 12.5 Å². The highest BCUT2D eigenvalue weighted by Crippen LogP contribution is 2.39. The summed E-state index contributed by atoms with van der Waals surface area (Å²) in [6.07, 6.45) is 2.92. The predicted octanol–water partition coefficient (Wildman–Crippen LogP) is 8.02. The number of carbonyl (C=O) groups is 2. The van der Waals surface area contributed by atoms with E-state index in [9.17, 15) is 9.59 Å². The molecule has 0 N–H and O–H groups in total.